The second-order valence-corrected chi connectivity index (χ2v) is 7.33. The molecule has 0 saturated carbocycles. The molecule has 26 heavy (non-hydrogen) atoms. The molecule has 138 valence electrons. The van der Waals surface area contributed by atoms with Crippen molar-refractivity contribution < 1.29 is 14.4 Å². The summed E-state index contributed by atoms with van der Waals surface area (Å²) in [5.74, 6) is -1.18. The normalized spacial score (nSPS) is 22.0. The van der Waals surface area contributed by atoms with Gasteiger partial charge in [-0.1, -0.05) is 43.7 Å². The van der Waals surface area contributed by atoms with Gasteiger partial charge >= 0.3 is 6.03 Å². The average molecular weight is 356 g/mol. The number of benzene rings is 1. The molecule has 1 aliphatic rings. The van der Waals surface area contributed by atoms with Crippen LogP contribution < -0.4 is 10.6 Å². The lowest BCUT2D eigenvalue weighted by Gasteiger charge is -2.28. The van der Waals surface area contributed by atoms with Crippen molar-refractivity contribution in [3.05, 3.63) is 35.4 Å². The number of hydrogen-bond acceptors (Lipinski definition) is 4. The molecule has 2 rings (SSSR count). The van der Waals surface area contributed by atoms with Gasteiger partial charge in [-0.2, -0.15) is 5.26 Å². The first-order valence-corrected chi connectivity index (χ1v) is 8.47. The summed E-state index contributed by atoms with van der Waals surface area (Å²) in [4.78, 5) is 38.3. The average Bonchev–Trinajstić information content (AvgIpc) is 2.79. The number of nitrogens with one attached hydrogen (secondary N) is 2. The molecule has 7 nitrogen and oxygen atoms in total. The molecule has 1 aliphatic heterocycles. The van der Waals surface area contributed by atoms with E-state index in [0.717, 1.165) is 10.5 Å². The Morgan fingerprint density at radius 3 is 2.42 bits per heavy atom. The van der Waals surface area contributed by atoms with E-state index in [1.165, 1.54) is 0 Å². The van der Waals surface area contributed by atoms with Crippen LogP contribution in [0.3, 0.4) is 0 Å². The molecule has 4 amide bonds. The minimum absolute atomic E-state index is 0.127. The Bertz CT molecular complexity index is 781. The SMILES string of the molecule is Cc1ccc(C2(C)NC(=O)N(CC(=O)NC(C)(C#N)C(C)C)C2=O)cc1. The molecular formula is C19H24N4O3. The molecule has 7 heteroatoms. The first-order valence-electron chi connectivity index (χ1n) is 8.47. The van der Waals surface area contributed by atoms with E-state index in [-0.39, 0.29) is 5.92 Å². The van der Waals surface area contributed by atoms with Crippen LogP contribution in [0.15, 0.2) is 24.3 Å². The van der Waals surface area contributed by atoms with Gasteiger partial charge in [-0.25, -0.2) is 4.79 Å². The third-order valence-electron chi connectivity index (χ3n) is 4.99. The highest BCUT2D eigenvalue weighted by atomic mass is 16.2. The zero-order valence-electron chi connectivity index (χ0n) is 15.7. The lowest BCUT2D eigenvalue weighted by Crippen LogP contribution is -2.52. The second-order valence-electron chi connectivity index (χ2n) is 7.33. The third kappa shape index (κ3) is 3.40. The van der Waals surface area contributed by atoms with Crippen molar-refractivity contribution in [2.24, 2.45) is 5.92 Å². The van der Waals surface area contributed by atoms with Crippen LogP contribution in [-0.2, 0) is 15.1 Å². The van der Waals surface area contributed by atoms with Crippen LogP contribution in [0.1, 0.15) is 38.8 Å². The molecular weight excluding hydrogens is 332 g/mol. The summed E-state index contributed by atoms with van der Waals surface area (Å²) in [6, 6.07) is 8.71. The van der Waals surface area contributed by atoms with Gasteiger partial charge in [0, 0.05) is 0 Å². The Morgan fingerprint density at radius 2 is 1.92 bits per heavy atom. The van der Waals surface area contributed by atoms with Gasteiger partial charge in [0.15, 0.2) is 0 Å². The molecule has 1 aromatic rings. The van der Waals surface area contributed by atoms with Gasteiger partial charge in [0.25, 0.3) is 5.91 Å². The van der Waals surface area contributed by atoms with Gasteiger partial charge in [0.2, 0.25) is 5.91 Å². The highest BCUT2D eigenvalue weighted by molar-refractivity contribution is 6.09. The number of aryl methyl sites for hydroxylation is 1. The van der Waals surface area contributed by atoms with E-state index in [9.17, 15) is 19.6 Å². The fourth-order valence-electron chi connectivity index (χ4n) is 2.70. The van der Waals surface area contributed by atoms with Crippen LogP contribution in [0.25, 0.3) is 0 Å². The number of nitriles is 1. The number of urea groups is 1. The lowest BCUT2D eigenvalue weighted by atomic mass is 9.90. The molecule has 1 aromatic carbocycles. The highest BCUT2D eigenvalue weighted by Crippen LogP contribution is 2.29. The maximum Gasteiger partial charge on any atom is 0.325 e. The number of hydrogen-bond donors (Lipinski definition) is 2. The Hall–Kier alpha value is -2.88. The number of imide groups is 1. The standard InChI is InChI=1S/C19H24N4O3/c1-12(2)18(4,11-20)21-15(24)10-23-16(25)19(5,22-17(23)26)14-8-6-13(3)7-9-14/h6-9,12H,10H2,1-5H3,(H,21,24)(H,22,26). The Morgan fingerprint density at radius 1 is 1.35 bits per heavy atom. The minimum Gasteiger partial charge on any atom is -0.336 e. The number of carbonyl (C=O) groups excluding carboxylic acids is 3. The summed E-state index contributed by atoms with van der Waals surface area (Å²) in [6.07, 6.45) is 0. The maximum absolute atomic E-state index is 12.8. The third-order valence-corrected chi connectivity index (χ3v) is 4.99. The van der Waals surface area contributed by atoms with Crippen molar-refractivity contribution in [3.63, 3.8) is 0 Å². The van der Waals surface area contributed by atoms with Crippen LogP contribution in [0.2, 0.25) is 0 Å². The van der Waals surface area contributed by atoms with Gasteiger partial charge in [0.05, 0.1) is 6.07 Å². The number of rotatable bonds is 5. The van der Waals surface area contributed by atoms with Gasteiger partial charge in [0.1, 0.15) is 17.6 Å². The zero-order valence-corrected chi connectivity index (χ0v) is 15.7. The quantitative estimate of drug-likeness (QED) is 0.786. The molecule has 0 bridgehead atoms. The highest BCUT2D eigenvalue weighted by Gasteiger charge is 2.49. The van der Waals surface area contributed by atoms with Gasteiger partial charge in [-0.3, -0.25) is 14.5 Å². The Balaban J connectivity index is 2.18. The minimum atomic E-state index is -1.22. The molecule has 1 saturated heterocycles. The fraction of sp³-hybridized carbons (Fsp3) is 0.474. The topological polar surface area (TPSA) is 102 Å². The summed E-state index contributed by atoms with van der Waals surface area (Å²) in [7, 11) is 0. The van der Waals surface area contributed by atoms with E-state index in [1.54, 1.807) is 26.0 Å². The first-order chi connectivity index (χ1) is 12.0. The van der Waals surface area contributed by atoms with Crippen LogP contribution in [-0.4, -0.2) is 34.8 Å². The largest absolute Gasteiger partial charge is 0.336 e. The van der Waals surface area contributed by atoms with Crippen molar-refractivity contribution in [1.29, 1.82) is 5.26 Å². The van der Waals surface area contributed by atoms with E-state index in [1.807, 2.05) is 32.9 Å². The summed E-state index contributed by atoms with van der Waals surface area (Å²) < 4.78 is 0. The van der Waals surface area contributed by atoms with Gasteiger partial charge in [-0.15, -0.1) is 0 Å². The fourth-order valence-corrected chi connectivity index (χ4v) is 2.70. The van der Waals surface area contributed by atoms with Crippen molar-refractivity contribution in [2.75, 3.05) is 6.54 Å². The van der Waals surface area contributed by atoms with Crippen LogP contribution in [0, 0.1) is 24.2 Å². The second kappa shape index (κ2) is 6.79. The first kappa shape index (κ1) is 19.4. The van der Waals surface area contributed by atoms with E-state index < -0.39 is 35.5 Å². The predicted molar refractivity (Wildman–Crippen MR) is 95.8 cm³/mol. The predicted octanol–water partition coefficient (Wildman–Crippen LogP) is 1.82. The van der Waals surface area contributed by atoms with E-state index in [2.05, 4.69) is 16.7 Å². The number of carbonyl (C=O) groups is 3. The molecule has 0 aliphatic carbocycles. The molecule has 2 N–H and O–H groups in total. The number of nitrogens with zero attached hydrogens (tertiary/aromatic N) is 2. The van der Waals surface area contributed by atoms with E-state index in [4.69, 9.17) is 0 Å². The van der Waals surface area contributed by atoms with Crippen molar-refractivity contribution in [2.45, 2.75) is 45.7 Å². The Kier molecular flexibility index (Phi) is 5.08. The molecule has 2 atom stereocenters. The molecule has 0 aromatic heterocycles. The number of amides is 4. The maximum atomic E-state index is 12.8. The molecule has 0 radical (unpaired) electrons. The summed E-state index contributed by atoms with van der Waals surface area (Å²) in [5, 5.41) is 14.6. The van der Waals surface area contributed by atoms with Crippen molar-refractivity contribution in [3.8, 4) is 6.07 Å². The Labute approximate surface area is 153 Å². The summed E-state index contributed by atoms with van der Waals surface area (Å²) >= 11 is 0. The molecule has 1 heterocycles. The lowest BCUT2D eigenvalue weighted by molar-refractivity contribution is -0.135. The molecule has 2 unspecified atom stereocenters. The van der Waals surface area contributed by atoms with Crippen LogP contribution >= 0.6 is 0 Å². The van der Waals surface area contributed by atoms with E-state index in [0.29, 0.717) is 5.56 Å². The van der Waals surface area contributed by atoms with Crippen LogP contribution in [0.5, 0.6) is 0 Å². The zero-order chi connectivity index (χ0) is 19.7. The van der Waals surface area contributed by atoms with Crippen LogP contribution in [0.4, 0.5) is 4.79 Å². The molecule has 1 fully saturated rings. The van der Waals surface area contributed by atoms with Crippen molar-refractivity contribution in [1.82, 2.24) is 15.5 Å². The summed E-state index contributed by atoms with van der Waals surface area (Å²) in [5.41, 5.74) is -0.610. The van der Waals surface area contributed by atoms with Gasteiger partial charge in [-0.05, 0) is 32.3 Å². The van der Waals surface area contributed by atoms with Crippen molar-refractivity contribution >= 4 is 17.8 Å². The van der Waals surface area contributed by atoms with E-state index >= 15 is 0 Å². The monoisotopic (exact) mass is 356 g/mol. The van der Waals surface area contributed by atoms with Gasteiger partial charge < -0.3 is 10.6 Å². The smallest absolute Gasteiger partial charge is 0.325 e. The molecule has 0 spiro atoms. The summed E-state index contributed by atoms with van der Waals surface area (Å²) in [6.45, 7) is 8.34.